The third-order valence-corrected chi connectivity index (χ3v) is 3.78. The molecule has 23 heavy (non-hydrogen) atoms. The number of aromatic amines is 2. The molecule has 0 unspecified atom stereocenters. The van der Waals surface area contributed by atoms with Crippen molar-refractivity contribution < 1.29 is 0 Å². The number of hydrogen-bond acceptors (Lipinski definition) is 5. The summed E-state index contributed by atoms with van der Waals surface area (Å²) >= 11 is 0. The molecular formula is C16H13N7. The molecule has 0 radical (unpaired) electrons. The Morgan fingerprint density at radius 3 is 2.17 bits per heavy atom. The molecule has 7 heteroatoms. The van der Waals surface area contributed by atoms with Gasteiger partial charge in [-0.2, -0.15) is 5.26 Å². The lowest BCUT2D eigenvalue weighted by Crippen LogP contribution is -1.80. The Morgan fingerprint density at radius 2 is 1.48 bits per heavy atom. The predicted octanol–water partition coefficient (Wildman–Crippen LogP) is 2.66. The van der Waals surface area contributed by atoms with Crippen LogP contribution in [0.25, 0.3) is 22.3 Å². The Kier molecular flexibility index (Phi) is 3.20. The zero-order chi connectivity index (χ0) is 15.6. The number of fused-ring (bicyclic) bond motifs is 2. The molecular weight excluding hydrogens is 290 g/mol. The summed E-state index contributed by atoms with van der Waals surface area (Å²) in [5.74, 6) is 0.746. The van der Waals surface area contributed by atoms with Crippen LogP contribution < -0.4 is 0 Å². The van der Waals surface area contributed by atoms with Crippen molar-refractivity contribution in [3.8, 4) is 6.07 Å². The van der Waals surface area contributed by atoms with Gasteiger partial charge in [-0.1, -0.05) is 0 Å². The number of H-pyrrole nitrogens is 2. The largest absolute Gasteiger partial charge is 0.345 e. The van der Waals surface area contributed by atoms with E-state index in [2.05, 4.69) is 29.9 Å². The number of nitrogens with one attached hydrogen (secondary N) is 2. The van der Waals surface area contributed by atoms with E-state index >= 15 is 0 Å². The van der Waals surface area contributed by atoms with Gasteiger partial charge in [-0.3, -0.25) is 4.98 Å². The third kappa shape index (κ3) is 2.51. The molecule has 5 rings (SSSR count). The Hall–Kier alpha value is -3.27. The van der Waals surface area contributed by atoms with Crippen molar-refractivity contribution in [2.24, 2.45) is 0 Å². The van der Waals surface area contributed by atoms with Gasteiger partial charge in [-0.25, -0.2) is 15.0 Å². The highest BCUT2D eigenvalue weighted by Crippen LogP contribution is 2.42. The topological polar surface area (TPSA) is 107 Å². The van der Waals surface area contributed by atoms with Crippen LogP contribution in [-0.2, 0) is 0 Å². The maximum absolute atomic E-state index is 8.59. The summed E-state index contributed by atoms with van der Waals surface area (Å²) in [6.07, 6.45) is 12.9. The van der Waals surface area contributed by atoms with Crippen LogP contribution in [0.15, 0.2) is 37.2 Å². The molecule has 1 fully saturated rings. The zero-order valence-corrected chi connectivity index (χ0v) is 12.2. The first-order valence-corrected chi connectivity index (χ1v) is 7.33. The van der Waals surface area contributed by atoms with Crippen LogP contribution >= 0.6 is 0 Å². The first kappa shape index (κ1) is 13.4. The van der Waals surface area contributed by atoms with E-state index in [1.807, 2.05) is 12.3 Å². The Balaban J connectivity index is 0.000000118. The van der Waals surface area contributed by atoms with Gasteiger partial charge in [0.2, 0.25) is 0 Å². The molecule has 0 bridgehead atoms. The lowest BCUT2D eigenvalue weighted by Gasteiger charge is -1.90. The maximum atomic E-state index is 8.59. The van der Waals surface area contributed by atoms with E-state index in [4.69, 9.17) is 5.26 Å². The monoisotopic (exact) mass is 303 g/mol. The third-order valence-electron chi connectivity index (χ3n) is 3.78. The van der Waals surface area contributed by atoms with Gasteiger partial charge in [-0.05, 0) is 18.8 Å². The molecule has 7 nitrogen and oxygen atoms in total. The molecule has 4 heterocycles. The summed E-state index contributed by atoms with van der Waals surface area (Å²) in [5.41, 5.74) is 5.14. The minimum absolute atomic E-state index is 0.535. The lowest BCUT2D eigenvalue weighted by molar-refractivity contribution is 1.14. The van der Waals surface area contributed by atoms with E-state index in [0.29, 0.717) is 16.7 Å². The molecule has 0 saturated heterocycles. The van der Waals surface area contributed by atoms with Gasteiger partial charge in [0.1, 0.15) is 17.1 Å². The Morgan fingerprint density at radius 1 is 0.870 bits per heavy atom. The summed E-state index contributed by atoms with van der Waals surface area (Å²) in [7, 11) is 0. The van der Waals surface area contributed by atoms with Crippen LogP contribution in [0.5, 0.6) is 0 Å². The molecule has 4 aromatic heterocycles. The maximum Gasteiger partial charge on any atom is 0.157 e. The summed E-state index contributed by atoms with van der Waals surface area (Å²) in [6.45, 7) is 0. The van der Waals surface area contributed by atoms with Crippen molar-refractivity contribution in [1.29, 1.82) is 5.26 Å². The molecule has 0 atom stereocenters. The fourth-order valence-corrected chi connectivity index (χ4v) is 2.51. The smallest absolute Gasteiger partial charge is 0.157 e. The van der Waals surface area contributed by atoms with E-state index in [1.165, 1.54) is 18.4 Å². The van der Waals surface area contributed by atoms with Gasteiger partial charge < -0.3 is 9.97 Å². The van der Waals surface area contributed by atoms with Gasteiger partial charge in [0.15, 0.2) is 11.3 Å². The number of rotatable bonds is 1. The number of nitriles is 1. The van der Waals surface area contributed by atoms with Crippen LogP contribution in [0.1, 0.15) is 29.9 Å². The zero-order valence-electron chi connectivity index (χ0n) is 12.2. The second-order valence-electron chi connectivity index (χ2n) is 5.34. The highest BCUT2D eigenvalue weighted by atomic mass is 14.9. The molecule has 0 aliphatic heterocycles. The Bertz CT molecular complexity index is 1000. The summed E-state index contributed by atoms with van der Waals surface area (Å²) in [6, 6.07) is 2.02. The quantitative estimate of drug-likeness (QED) is 0.562. The van der Waals surface area contributed by atoms with E-state index in [1.54, 1.807) is 31.0 Å². The average Bonchev–Trinajstić information content (AvgIpc) is 3.22. The van der Waals surface area contributed by atoms with E-state index in [0.717, 1.165) is 17.1 Å². The van der Waals surface area contributed by atoms with Gasteiger partial charge in [-0.15, -0.1) is 0 Å². The lowest BCUT2D eigenvalue weighted by atomic mass is 10.2. The molecule has 1 aliphatic rings. The molecule has 2 N–H and O–H groups in total. The Labute approximate surface area is 131 Å². The molecule has 4 aromatic rings. The SMILES string of the molecule is N#Cc1c[nH]c2nccnc12.c1cnc2c(C3CC3)c[nH]c2n1. The first-order valence-electron chi connectivity index (χ1n) is 7.33. The highest BCUT2D eigenvalue weighted by Gasteiger charge is 2.26. The summed E-state index contributed by atoms with van der Waals surface area (Å²) in [5, 5.41) is 8.59. The van der Waals surface area contributed by atoms with Crippen molar-refractivity contribution >= 4 is 22.3 Å². The molecule has 0 amide bonds. The van der Waals surface area contributed by atoms with Crippen molar-refractivity contribution in [1.82, 2.24) is 29.9 Å². The van der Waals surface area contributed by atoms with E-state index in [-0.39, 0.29) is 0 Å². The summed E-state index contributed by atoms with van der Waals surface area (Å²) < 4.78 is 0. The fraction of sp³-hybridized carbons (Fsp3) is 0.188. The molecule has 0 aromatic carbocycles. The second kappa shape index (κ2) is 5.50. The summed E-state index contributed by atoms with van der Waals surface area (Å²) in [4.78, 5) is 22.5. The van der Waals surface area contributed by atoms with Crippen molar-refractivity contribution in [3.63, 3.8) is 0 Å². The van der Waals surface area contributed by atoms with Crippen molar-refractivity contribution in [3.05, 3.63) is 48.3 Å². The number of hydrogen-bond donors (Lipinski definition) is 2. The van der Waals surface area contributed by atoms with Gasteiger partial charge >= 0.3 is 0 Å². The van der Waals surface area contributed by atoms with E-state index < -0.39 is 0 Å². The molecule has 0 spiro atoms. The van der Waals surface area contributed by atoms with Gasteiger partial charge in [0.05, 0.1) is 5.56 Å². The van der Waals surface area contributed by atoms with Crippen LogP contribution in [0.3, 0.4) is 0 Å². The van der Waals surface area contributed by atoms with Crippen LogP contribution in [-0.4, -0.2) is 29.9 Å². The second-order valence-corrected chi connectivity index (χ2v) is 5.34. The van der Waals surface area contributed by atoms with Gasteiger partial charge in [0, 0.05) is 42.7 Å². The van der Waals surface area contributed by atoms with Crippen molar-refractivity contribution in [2.45, 2.75) is 18.8 Å². The fourth-order valence-electron chi connectivity index (χ4n) is 2.51. The number of nitrogens with zero attached hydrogens (tertiary/aromatic N) is 5. The first-order chi connectivity index (χ1) is 11.4. The average molecular weight is 303 g/mol. The standard InChI is InChI=1S/C9H9N3.C7H4N4/c1-2-6(1)7-5-12-9-8(7)10-3-4-11-9;8-3-5-4-11-7-6(5)9-1-2-10-7/h3-6H,1-2H2,(H,11,12);1-2,4H,(H,10,11). The predicted molar refractivity (Wildman–Crippen MR) is 84.5 cm³/mol. The van der Waals surface area contributed by atoms with Crippen LogP contribution in [0.4, 0.5) is 0 Å². The van der Waals surface area contributed by atoms with Crippen molar-refractivity contribution in [2.75, 3.05) is 0 Å². The minimum Gasteiger partial charge on any atom is -0.345 e. The van der Waals surface area contributed by atoms with Crippen LogP contribution in [0.2, 0.25) is 0 Å². The van der Waals surface area contributed by atoms with E-state index in [9.17, 15) is 0 Å². The van der Waals surface area contributed by atoms with Gasteiger partial charge in [0.25, 0.3) is 0 Å². The van der Waals surface area contributed by atoms with Crippen LogP contribution in [0, 0.1) is 11.3 Å². The highest BCUT2D eigenvalue weighted by molar-refractivity contribution is 5.77. The normalized spacial score (nSPS) is 13.5. The molecule has 112 valence electrons. The number of aromatic nitrogens is 6. The molecule has 1 aliphatic carbocycles. The minimum atomic E-state index is 0.535. The molecule has 1 saturated carbocycles.